The molecule has 7 heteroatoms. The molecule has 1 heterocycles. The predicted octanol–water partition coefficient (Wildman–Crippen LogP) is 2.69. The van der Waals surface area contributed by atoms with Crippen molar-refractivity contribution in [1.82, 2.24) is 10.6 Å². The number of rotatable bonds is 11. The predicted molar refractivity (Wildman–Crippen MR) is 118 cm³/mol. The van der Waals surface area contributed by atoms with Crippen molar-refractivity contribution in [2.24, 2.45) is 4.99 Å². The monoisotopic (exact) mass is 404 g/mol. The van der Waals surface area contributed by atoms with E-state index >= 15 is 0 Å². The van der Waals surface area contributed by atoms with Crippen LogP contribution in [0.4, 0.5) is 5.69 Å². The summed E-state index contributed by atoms with van der Waals surface area (Å²) in [4.78, 5) is 18.6. The van der Waals surface area contributed by atoms with Gasteiger partial charge in [-0.3, -0.25) is 9.79 Å². The highest BCUT2D eigenvalue weighted by Gasteiger charge is 2.25. The molecule has 0 bridgehead atoms. The first-order valence-electron chi connectivity index (χ1n) is 10.8. The van der Waals surface area contributed by atoms with Gasteiger partial charge in [0.1, 0.15) is 5.75 Å². The third kappa shape index (κ3) is 6.92. The number of aliphatic imine (C=N–C) groups is 1. The Labute approximate surface area is 174 Å². The fraction of sp³-hybridized carbons (Fsp3) is 0.636. The van der Waals surface area contributed by atoms with Crippen LogP contribution in [-0.2, 0) is 4.79 Å². The lowest BCUT2D eigenvalue weighted by molar-refractivity contribution is -0.121. The molecule has 0 aromatic heterocycles. The summed E-state index contributed by atoms with van der Waals surface area (Å²) in [6.07, 6.45) is 4.15. The van der Waals surface area contributed by atoms with Crippen molar-refractivity contribution in [3.63, 3.8) is 0 Å². The SMILES string of the molecule is CCCC(O)(CCC)CN=C(NCC)NCCCN1C(=O)COc2ccccc21. The van der Waals surface area contributed by atoms with Crippen molar-refractivity contribution in [2.45, 2.75) is 58.5 Å². The van der Waals surface area contributed by atoms with E-state index in [1.54, 1.807) is 4.90 Å². The molecule has 1 amide bonds. The fourth-order valence-corrected chi connectivity index (χ4v) is 3.62. The Bertz CT molecular complexity index is 672. The minimum absolute atomic E-state index is 0.0199. The van der Waals surface area contributed by atoms with Crippen LogP contribution in [0.25, 0.3) is 0 Å². The zero-order chi connectivity index (χ0) is 21.1. The Morgan fingerprint density at radius 1 is 1.21 bits per heavy atom. The quantitative estimate of drug-likeness (QED) is 0.300. The van der Waals surface area contributed by atoms with E-state index in [1.165, 1.54) is 0 Å². The number of benzene rings is 1. The third-order valence-corrected chi connectivity index (χ3v) is 4.97. The van der Waals surface area contributed by atoms with Gasteiger partial charge in [0.25, 0.3) is 5.91 Å². The number of carbonyl (C=O) groups is 1. The van der Waals surface area contributed by atoms with Gasteiger partial charge in [0.05, 0.1) is 17.8 Å². The molecular weight excluding hydrogens is 368 g/mol. The van der Waals surface area contributed by atoms with Crippen LogP contribution < -0.4 is 20.3 Å². The van der Waals surface area contributed by atoms with Crippen molar-refractivity contribution in [3.05, 3.63) is 24.3 Å². The van der Waals surface area contributed by atoms with E-state index in [-0.39, 0.29) is 12.5 Å². The van der Waals surface area contributed by atoms with E-state index in [4.69, 9.17) is 4.74 Å². The summed E-state index contributed by atoms with van der Waals surface area (Å²) in [5.74, 6) is 1.43. The zero-order valence-electron chi connectivity index (χ0n) is 18.0. The summed E-state index contributed by atoms with van der Waals surface area (Å²) in [5, 5.41) is 17.3. The average molecular weight is 405 g/mol. The minimum Gasteiger partial charge on any atom is -0.482 e. The lowest BCUT2D eigenvalue weighted by Gasteiger charge is -2.29. The maximum absolute atomic E-state index is 12.2. The van der Waals surface area contributed by atoms with E-state index in [9.17, 15) is 9.90 Å². The summed E-state index contributed by atoms with van der Waals surface area (Å²) in [6, 6.07) is 7.62. The van der Waals surface area contributed by atoms with E-state index < -0.39 is 5.60 Å². The second kappa shape index (κ2) is 11.7. The number of hydrogen-bond donors (Lipinski definition) is 3. The smallest absolute Gasteiger partial charge is 0.265 e. The molecule has 29 heavy (non-hydrogen) atoms. The number of fused-ring (bicyclic) bond motifs is 1. The van der Waals surface area contributed by atoms with Gasteiger partial charge < -0.3 is 25.4 Å². The molecule has 1 aliphatic rings. The molecule has 1 aromatic rings. The van der Waals surface area contributed by atoms with Crippen LogP contribution in [0, 0.1) is 0 Å². The first-order valence-corrected chi connectivity index (χ1v) is 10.8. The Balaban J connectivity index is 1.88. The molecule has 0 fully saturated rings. The van der Waals surface area contributed by atoms with E-state index in [0.29, 0.717) is 25.6 Å². The van der Waals surface area contributed by atoms with Gasteiger partial charge in [-0.2, -0.15) is 0 Å². The number of nitrogens with zero attached hydrogens (tertiary/aromatic N) is 2. The summed E-state index contributed by atoms with van der Waals surface area (Å²) in [5.41, 5.74) is 0.0870. The lowest BCUT2D eigenvalue weighted by atomic mass is 9.93. The van der Waals surface area contributed by atoms with Crippen LogP contribution in [0.15, 0.2) is 29.3 Å². The van der Waals surface area contributed by atoms with Crippen LogP contribution in [0.5, 0.6) is 5.75 Å². The summed E-state index contributed by atoms with van der Waals surface area (Å²) in [6.45, 7) is 8.70. The van der Waals surface area contributed by atoms with Crippen LogP contribution in [0.3, 0.4) is 0 Å². The minimum atomic E-state index is -0.740. The molecule has 3 N–H and O–H groups in total. The van der Waals surface area contributed by atoms with E-state index in [0.717, 1.165) is 50.1 Å². The normalized spacial score (nSPS) is 14.4. The van der Waals surface area contributed by atoms with Crippen molar-refractivity contribution >= 4 is 17.6 Å². The molecule has 162 valence electrons. The van der Waals surface area contributed by atoms with Crippen molar-refractivity contribution in [3.8, 4) is 5.75 Å². The molecular formula is C22H36N4O3. The molecule has 0 saturated heterocycles. The Morgan fingerprint density at radius 3 is 2.62 bits per heavy atom. The first kappa shape index (κ1) is 23.0. The number of hydrogen-bond acceptors (Lipinski definition) is 4. The van der Waals surface area contributed by atoms with Gasteiger partial charge in [0.15, 0.2) is 12.6 Å². The molecule has 7 nitrogen and oxygen atoms in total. The van der Waals surface area contributed by atoms with Crippen LogP contribution in [0.1, 0.15) is 52.9 Å². The number of ether oxygens (including phenoxy) is 1. The number of carbonyl (C=O) groups excluding carboxylic acids is 1. The van der Waals surface area contributed by atoms with Gasteiger partial charge in [-0.15, -0.1) is 0 Å². The van der Waals surface area contributed by atoms with Crippen molar-refractivity contribution in [1.29, 1.82) is 0 Å². The topological polar surface area (TPSA) is 86.2 Å². The van der Waals surface area contributed by atoms with Crippen LogP contribution >= 0.6 is 0 Å². The van der Waals surface area contributed by atoms with Gasteiger partial charge in [0, 0.05) is 19.6 Å². The number of nitrogens with one attached hydrogen (secondary N) is 2. The summed E-state index contributed by atoms with van der Waals surface area (Å²) >= 11 is 0. The molecule has 0 radical (unpaired) electrons. The molecule has 0 aliphatic carbocycles. The first-order chi connectivity index (χ1) is 14.0. The Hall–Kier alpha value is -2.28. The number of guanidine groups is 1. The molecule has 2 rings (SSSR count). The Kier molecular flexibility index (Phi) is 9.25. The van der Waals surface area contributed by atoms with Gasteiger partial charge in [-0.05, 0) is 38.3 Å². The van der Waals surface area contributed by atoms with Crippen molar-refractivity contribution in [2.75, 3.05) is 37.7 Å². The second-order valence-electron chi connectivity index (χ2n) is 7.50. The molecule has 1 aromatic carbocycles. The third-order valence-electron chi connectivity index (χ3n) is 4.97. The molecule has 0 spiro atoms. The number of anilines is 1. The number of amides is 1. The van der Waals surface area contributed by atoms with E-state index in [1.807, 2.05) is 31.2 Å². The summed E-state index contributed by atoms with van der Waals surface area (Å²) in [7, 11) is 0. The number of para-hydroxylation sites is 2. The average Bonchev–Trinajstić information content (AvgIpc) is 2.71. The molecule has 0 saturated carbocycles. The standard InChI is InChI=1S/C22H36N4O3/c1-4-12-22(28,13-5-2)17-25-21(23-6-3)24-14-9-15-26-18-10-7-8-11-19(18)29-16-20(26)27/h7-8,10-11,28H,4-6,9,12-17H2,1-3H3,(H2,23,24,25). The summed E-state index contributed by atoms with van der Waals surface area (Å²) < 4.78 is 5.49. The zero-order valence-corrected chi connectivity index (χ0v) is 18.0. The Morgan fingerprint density at radius 2 is 1.93 bits per heavy atom. The largest absolute Gasteiger partial charge is 0.482 e. The molecule has 0 atom stereocenters. The second-order valence-corrected chi connectivity index (χ2v) is 7.50. The number of aliphatic hydroxyl groups is 1. The van der Waals surface area contributed by atoms with E-state index in [2.05, 4.69) is 29.5 Å². The highest BCUT2D eigenvalue weighted by Crippen LogP contribution is 2.31. The molecule has 0 unspecified atom stereocenters. The van der Waals surface area contributed by atoms with Crippen LogP contribution in [-0.4, -0.2) is 55.4 Å². The fourth-order valence-electron chi connectivity index (χ4n) is 3.62. The highest BCUT2D eigenvalue weighted by molar-refractivity contribution is 5.97. The van der Waals surface area contributed by atoms with Gasteiger partial charge in [-0.25, -0.2) is 0 Å². The highest BCUT2D eigenvalue weighted by atomic mass is 16.5. The maximum atomic E-state index is 12.2. The maximum Gasteiger partial charge on any atom is 0.265 e. The van der Waals surface area contributed by atoms with Gasteiger partial charge in [-0.1, -0.05) is 38.8 Å². The molecule has 1 aliphatic heterocycles. The van der Waals surface area contributed by atoms with Gasteiger partial charge in [0.2, 0.25) is 0 Å². The van der Waals surface area contributed by atoms with Gasteiger partial charge >= 0.3 is 0 Å². The lowest BCUT2D eigenvalue weighted by Crippen LogP contribution is -2.43. The van der Waals surface area contributed by atoms with Crippen LogP contribution in [0.2, 0.25) is 0 Å². The van der Waals surface area contributed by atoms with Crippen molar-refractivity contribution < 1.29 is 14.6 Å².